The summed E-state index contributed by atoms with van der Waals surface area (Å²) in [6.07, 6.45) is 4.00. The van der Waals surface area contributed by atoms with Crippen LogP contribution in [-0.2, 0) is 0 Å². The van der Waals surface area contributed by atoms with Crippen LogP contribution >= 0.6 is 0 Å². The van der Waals surface area contributed by atoms with Crippen molar-refractivity contribution in [2.24, 2.45) is 0 Å². The van der Waals surface area contributed by atoms with Gasteiger partial charge in [0.2, 0.25) is 0 Å². The molecule has 0 aromatic heterocycles. The van der Waals surface area contributed by atoms with E-state index in [1.807, 2.05) is 31.4 Å². The van der Waals surface area contributed by atoms with Crippen LogP contribution in [0.5, 0.6) is 0 Å². The van der Waals surface area contributed by atoms with Gasteiger partial charge in [0.25, 0.3) is 0 Å². The van der Waals surface area contributed by atoms with Crippen LogP contribution in [-0.4, -0.2) is 36.8 Å². The molecular weight excluding hydrogens is 81.8 g/mol. The Hall–Kier alpha value is 0.545. The minimum absolute atomic E-state index is 0. The molecule has 1 aliphatic rings. The van der Waals surface area contributed by atoms with Crippen LogP contribution < -0.4 is 0 Å². The molecule has 0 aromatic rings. The van der Waals surface area contributed by atoms with Crippen LogP contribution in [0.2, 0.25) is 0 Å². The van der Waals surface area contributed by atoms with E-state index in [9.17, 15) is 0 Å². The Morgan fingerprint density at radius 1 is 1.00 bits per heavy atom. The van der Waals surface area contributed by atoms with Gasteiger partial charge in [0.1, 0.15) is 0 Å². The zero-order chi connectivity index (χ0) is 3.54. The number of allylic oxidation sites excluding steroid dienone is 2. The Balaban J connectivity index is 0.000000250. The van der Waals surface area contributed by atoms with Crippen molar-refractivity contribution in [1.29, 1.82) is 0 Å². The molecule has 1 aliphatic heterocycles. The molecule has 0 aromatic carbocycles. The van der Waals surface area contributed by atoms with E-state index in [0.29, 0.717) is 0 Å². The third-order valence-corrected chi connectivity index (χ3v) is 0.556. The molecule has 2 heteroatoms. The predicted molar refractivity (Wildman–Crippen MR) is 29.8 cm³/mol. The van der Waals surface area contributed by atoms with Gasteiger partial charge in [-0.15, -0.1) is 12.0 Å². The van der Waals surface area contributed by atoms with Gasteiger partial charge in [-0.25, -0.2) is 0 Å². The second-order valence-electron chi connectivity index (χ2n) is 0.962. The van der Waals surface area contributed by atoms with Gasteiger partial charge in [0.15, 0.2) is 7.28 Å². The van der Waals surface area contributed by atoms with Crippen molar-refractivity contribution in [2.45, 2.75) is 0 Å². The van der Waals surface area contributed by atoms with Gasteiger partial charge in [-0.3, -0.25) is 0 Å². The molecule has 0 saturated carbocycles. The predicted octanol–water partition coefficient (Wildman–Crippen LogP) is 0.351. The molecule has 24 valence electrons. The monoisotopic (exact) mass is 86.0 g/mol. The summed E-state index contributed by atoms with van der Waals surface area (Å²) in [5.41, 5.74) is 0. The quantitative estimate of drug-likeness (QED) is 0.373. The van der Waals surface area contributed by atoms with E-state index in [2.05, 4.69) is 0 Å². The summed E-state index contributed by atoms with van der Waals surface area (Å²) in [7, 11) is 2.00. The fourth-order valence-electron chi connectivity index (χ4n) is 0.321. The Morgan fingerprint density at radius 3 is 1.67 bits per heavy atom. The number of hydrogen-bond acceptors (Lipinski definition) is 0. The first-order chi connectivity index (χ1) is 2.50. The van der Waals surface area contributed by atoms with Gasteiger partial charge >= 0.3 is 0 Å². The first kappa shape index (κ1) is 6.54. The fraction of sp³-hybridized carbons (Fsp3) is 0. The smallest absolute Gasteiger partial charge is 0.117 e. The maximum atomic E-state index is 2.00. The van der Waals surface area contributed by atoms with Crippen LogP contribution in [0, 0.1) is 0 Å². The van der Waals surface area contributed by atoms with Gasteiger partial charge in [0, 0.05) is 29.6 Å². The molecule has 0 atom stereocenters. The summed E-state index contributed by atoms with van der Waals surface area (Å²) in [6, 6.07) is 0. The third-order valence-electron chi connectivity index (χ3n) is 0.556. The minimum atomic E-state index is 0. The molecule has 1 rings (SSSR count). The van der Waals surface area contributed by atoms with Crippen LogP contribution in [0.1, 0.15) is 0 Å². The van der Waals surface area contributed by atoms with E-state index in [0.717, 1.165) is 0 Å². The van der Waals surface area contributed by atoms with E-state index in [4.69, 9.17) is 0 Å². The fourth-order valence-corrected chi connectivity index (χ4v) is 0.321. The second-order valence-corrected chi connectivity index (χ2v) is 0.962. The number of rotatable bonds is 0. The second kappa shape index (κ2) is 3.73. The molecule has 1 heterocycles. The summed E-state index contributed by atoms with van der Waals surface area (Å²) in [4.78, 5) is 0. The summed E-state index contributed by atoms with van der Waals surface area (Å²) in [5.74, 6) is 4.00. The van der Waals surface area contributed by atoms with E-state index < -0.39 is 0 Å². The standard InChI is InChI=1S/C4H4B.Na/c1-2-4-5-3-1;/h1-4H;. The molecule has 0 nitrogen and oxygen atoms in total. The van der Waals surface area contributed by atoms with Gasteiger partial charge in [-0.1, -0.05) is 12.2 Å². The normalized spacial score (nSPS) is 13.3. The molecule has 0 spiro atoms. The van der Waals surface area contributed by atoms with Crippen molar-refractivity contribution >= 4 is 36.8 Å². The van der Waals surface area contributed by atoms with Crippen LogP contribution in [0.15, 0.2) is 24.1 Å². The first-order valence-corrected chi connectivity index (χ1v) is 1.67. The molecule has 0 fully saturated rings. The van der Waals surface area contributed by atoms with Crippen LogP contribution in [0.25, 0.3) is 0 Å². The van der Waals surface area contributed by atoms with Crippen molar-refractivity contribution in [3.05, 3.63) is 24.1 Å². The van der Waals surface area contributed by atoms with E-state index in [1.165, 1.54) is 0 Å². The molecule has 0 amide bonds. The first-order valence-electron chi connectivity index (χ1n) is 1.67. The van der Waals surface area contributed by atoms with Crippen molar-refractivity contribution in [3.63, 3.8) is 0 Å². The molecule has 0 bridgehead atoms. The SMILES string of the molecule is [B]1C=CC=C1.[Na]. The molecular formula is C4H4BNa. The van der Waals surface area contributed by atoms with Crippen molar-refractivity contribution < 1.29 is 0 Å². The topological polar surface area (TPSA) is 0 Å². The van der Waals surface area contributed by atoms with Gasteiger partial charge < -0.3 is 0 Å². The summed E-state index contributed by atoms with van der Waals surface area (Å²) < 4.78 is 0. The summed E-state index contributed by atoms with van der Waals surface area (Å²) >= 11 is 0. The van der Waals surface area contributed by atoms with E-state index in [-0.39, 0.29) is 29.6 Å². The number of hydrogen-bond donors (Lipinski definition) is 0. The molecule has 0 aliphatic carbocycles. The van der Waals surface area contributed by atoms with Crippen molar-refractivity contribution in [3.8, 4) is 0 Å². The molecule has 0 saturated heterocycles. The average molecular weight is 85.9 g/mol. The Bertz CT molecular complexity index is 65.6. The maximum Gasteiger partial charge on any atom is 0.171 e. The van der Waals surface area contributed by atoms with Crippen molar-refractivity contribution in [1.82, 2.24) is 0 Å². The molecule has 2 radical (unpaired) electrons. The van der Waals surface area contributed by atoms with Gasteiger partial charge in [-0.05, 0) is 0 Å². The van der Waals surface area contributed by atoms with E-state index in [1.54, 1.807) is 0 Å². The van der Waals surface area contributed by atoms with Crippen LogP contribution in [0.4, 0.5) is 0 Å². The van der Waals surface area contributed by atoms with E-state index >= 15 is 0 Å². The molecule has 6 heavy (non-hydrogen) atoms. The third kappa shape index (κ3) is 1.86. The Labute approximate surface area is 60.8 Å². The summed E-state index contributed by atoms with van der Waals surface area (Å²) in [5, 5.41) is 0. The van der Waals surface area contributed by atoms with Crippen molar-refractivity contribution in [2.75, 3.05) is 0 Å². The minimum Gasteiger partial charge on any atom is -0.117 e. The average Bonchev–Trinajstić information content (AvgIpc) is 1.76. The molecule has 0 N–H and O–H groups in total. The molecule has 0 unspecified atom stereocenters. The Morgan fingerprint density at radius 2 is 1.50 bits per heavy atom. The summed E-state index contributed by atoms with van der Waals surface area (Å²) in [6.45, 7) is 0. The maximum absolute atomic E-state index is 2.00. The Kier molecular flexibility index (Phi) is 4.06. The van der Waals surface area contributed by atoms with Gasteiger partial charge in [-0.2, -0.15) is 0 Å². The van der Waals surface area contributed by atoms with Crippen LogP contribution in [0.3, 0.4) is 0 Å². The largest absolute Gasteiger partial charge is 0.171 e. The zero-order valence-corrected chi connectivity index (χ0v) is 5.89. The van der Waals surface area contributed by atoms with Gasteiger partial charge in [0.05, 0.1) is 0 Å². The zero-order valence-electron chi connectivity index (χ0n) is 3.89.